The average Bonchev–Trinajstić information content (AvgIpc) is 2.51. The van der Waals surface area contributed by atoms with Gasteiger partial charge in [-0.25, -0.2) is 4.79 Å². The zero-order valence-electron chi connectivity index (χ0n) is 8.30. The van der Waals surface area contributed by atoms with Crippen molar-refractivity contribution < 1.29 is 14.3 Å². The zero-order chi connectivity index (χ0) is 11.2. The predicted molar refractivity (Wildman–Crippen MR) is 57.7 cm³/mol. The highest BCUT2D eigenvalue weighted by molar-refractivity contribution is 6.38. The molecule has 0 amide bonds. The Hall–Kier alpha value is -1.48. The zero-order valence-corrected chi connectivity index (χ0v) is 9.05. The van der Waals surface area contributed by atoms with Gasteiger partial charge in [0.1, 0.15) is 10.6 Å². The van der Waals surface area contributed by atoms with E-state index in [1.165, 1.54) is 0 Å². The van der Waals surface area contributed by atoms with Crippen LogP contribution in [-0.4, -0.2) is 11.1 Å². The first-order valence-electron chi connectivity index (χ1n) is 4.44. The van der Waals surface area contributed by atoms with Crippen LogP contribution in [0.25, 0.3) is 11.0 Å². The van der Waals surface area contributed by atoms with E-state index in [0.29, 0.717) is 11.0 Å². The van der Waals surface area contributed by atoms with Gasteiger partial charge in [0.25, 0.3) is 0 Å². The van der Waals surface area contributed by atoms with Crippen molar-refractivity contribution in [1.29, 1.82) is 0 Å². The molecule has 0 aliphatic heterocycles. The lowest BCUT2D eigenvalue weighted by Gasteiger charge is -1.98. The molecule has 0 spiro atoms. The summed E-state index contributed by atoms with van der Waals surface area (Å²) in [5.74, 6) is -1.34. The fourth-order valence-corrected chi connectivity index (χ4v) is 1.77. The highest BCUT2D eigenvalue weighted by Gasteiger charge is 2.19. The number of halogens is 1. The fraction of sp³-hybridized carbons (Fsp3) is 0.182. The van der Waals surface area contributed by atoms with E-state index in [2.05, 4.69) is 0 Å². The van der Waals surface area contributed by atoms with Gasteiger partial charge in [-0.3, -0.25) is 0 Å². The van der Waals surface area contributed by atoms with Crippen molar-refractivity contribution in [2.45, 2.75) is 13.8 Å². The maximum Gasteiger partial charge on any atom is 0.373 e. The Labute approximate surface area is 91.3 Å². The number of aromatic carboxylic acids is 1. The number of carboxylic acids is 1. The van der Waals surface area contributed by atoms with Crippen LogP contribution < -0.4 is 0 Å². The lowest BCUT2D eigenvalue weighted by molar-refractivity contribution is 0.0665. The number of carboxylic acid groups (broad SMARTS) is 1. The molecule has 0 aliphatic carbocycles. The number of hydrogen-bond acceptors (Lipinski definition) is 2. The summed E-state index contributed by atoms with van der Waals surface area (Å²) in [4.78, 5) is 10.8. The SMILES string of the molecule is Cc1ccc2c(Cl)c(C(=O)O)oc2c1C. The van der Waals surface area contributed by atoms with Crippen molar-refractivity contribution in [2.75, 3.05) is 0 Å². The molecular weight excluding hydrogens is 216 g/mol. The third-order valence-corrected chi connectivity index (χ3v) is 2.89. The first-order chi connectivity index (χ1) is 7.02. The third kappa shape index (κ3) is 1.39. The largest absolute Gasteiger partial charge is 0.475 e. The van der Waals surface area contributed by atoms with Crippen molar-refractivity contribution in [3.63, 3.8) is 0 Å². The maximum atomic E-state index is 10.8. The van der Waals surface area contributed by atoms with E-state index >= 15 is 0 Å². The lowest BCUT2D eigenvalue weighted by Crippen LogP contribution is -1.93. The Balaban J connectivity index is 2.88. The summed E-state index contributed by atoms with van der Waals surface area (Å²) in [5, 5.41) is 9.67. The predicted octanol–water partition coefficient (Wildman–Crippen LogP) is 3.40. The molecule has 3 nitrogen and oxygen atoms in total. The van der Waals surface area contributed by atoms with E-state index in [0.717, 1.165) is 11.1 Å². The Bertz CT molecular complexity index is 554. The monoisotopic (exact) mass is 224 g/mol. The number of fused-ring (bicyclic) bond motifs is 1. The molecule has 0 saturated heterocycles. The van der Waals surface area contributed by atoms with Crippen LogP contribution in [0.3, 0.4) is 0 Å². The molecule has 0 radical (unpaired) electrons. The summed E-state index contributed by atoms with van der Waals surface area (Å²) in [6.07, 6.45) is 0. The molecule has 0 saturated carbocycles. The van der Waals surface area contributed by atoms with Crippen molar-refractivity contribution >= 4 is 28.5 Å². The van der Waals surface area contributed by atoms with Crippen LogP contribution in [0.4, 0.5) is 0 Å². The van der Waals surface area contributed by atoms with Crippen molar-refractivity contribution in [1.82, 2.24) is 0 Å². The summed E-state index contributed by atoms with van der Waals surface area (Å²) < 4.78 is 5.24. The average molecular weight is 225 g/mol. The standard InChI is InChI=1S/C11H9ClO3/c1-5-3-4-7-8(12)10(11(13)14)15-9(7)6(5)2/h3-4H,1-2H3,(H,13,14). The van der Waals surface area contributed by atoms with Gasteiger partial charge in [-0.15, -0.1) is 0 Å². The number of aryl methyl sites for hydroxylation is 2. The van der Waals surface area contributed by atoms with Gasteiger partial charge in [0, 0.05) is 5.39 Å². The summed E-state index contributed by atoms with van der Waals surface area (Å²) in [5.41, 5.74) is 2.52. The van der Waals surface area contributed by atoms with Crippen LogP contribution in [0.2, 0.25) is 5.02 Å². The summed E-state index contributed by atoms with van der Waals surface area (Å²) >= 11 is 5.90. The van der Waals surface area contributed by atoms with Crippen molar-refractivity contribution in [3.8, 4) is 0 Å². The minimum absolute atomic E-state index is 0.167. The number of benzene rings is 1. The minimum Gasteiger partial charge on any atom is -0.475 e. The van der Waals surface area contributed by atoms with E-state index in [-0.39, 0.29) is 10.8 Å². The third-order valence-electron chi connectivity index (χ3n) is 2.51. The van der Waals surface area contributed by atoms with Crippen molar-refractivity contribution in [3.05, 3.63) is 34.0 Å². The molecule has 4 heteroatoms. The topological polar surface area (TPSA) is 50.4 Å². The fourth-order valence-electron chi connectivity index (χ4n) is 1.50. The van der Waals surface area contributed by atoms with E-state index in [1.807, 2.05) is 19.9 Å². The molecule has 0 bridgehead atoms. The van der Waals surface area contributed by atoms with Crippen LogP contribution >= 0.6 is 11.6 Å². The van der Waals surface area contributed by atoms with E-state index in [9.17, 15) is 4.79 Å². The minimum atomic E-state index is -1.15. The van der Waals surface area contributed by atoms with Crippen LogP contribution in [-0.2, 0) is 0 Å². The maximum absolute atomic E-state index is 10.8. The molecular formula is C11H9ClO3. The molecule has 0 unspecified atom stereocenters. The summed E-state index contributed by atoms with van der Waals surface area (Å²) in [7, 11) is 0. The van der Waals surface area contributed by atoms with Gasteiger partial charge < -0.3 is 9.52 Å². The number of carbonyl (C=O) groups is 1. The number of furan rings is 1. The normalized spacial score (nSPS) is 10.9. The molecule has 15 heavy (non-hydrogen) atoms. The van der Waals surface area contributed by atoms with Crippen LogP contribution in [0.15, 0.2) is 16.5 Å². The van der Waals surface area contributed by atoms with Gasteiger partial charge in [-0.1, -0.05) is 17.7 Å². The van der Waals surface area contributed by atoms with E-state index < -0.39 is 5.97 Å². The highest BCUT2D eigenvalue weighted by atomic mass is 35.5. The first-order valence-corrected chi connectivity index (χ1v) is 4.81. The lowest BCUT2D eigenvalue weighted by atomic mass is 10.1. The van der Waals surface area contributed by atoms with Gasteiger partial charge in [0.2, 0.25) is 5.76 Å². The van der Waals surface area contributed by atoms with Crippen LogP contribution in [0.1, 0.15) is 21.7 Å². The van der Waals surface area contributed by atoms with Crippen LogP contribution in [0.5, 0.6) is 0 Å². The summed E-state index contributed by atoms with van der Waals surface area (Å²) in [6.45, 7) is 3.81. The van der Waals surface area contributed by atoms with Gasteiger partial charge in [0.15, 0.2) is 0 Å². The highest BCUT2D eigenvalue weighted by Crippen LogP contribution is 2.33. The Morgan fingerprint density at radius 2 is 2.07 bits per heavy atom. The van der Waals surface area contributed by atoms with Gasteiger partial charge in [-0.05, 0) is 31.0 Å². The van der Waals surface area contributed by atoms with Crippen molar-refractivity contribution in [2.24, 2.45) is 0 Å². The molecule has 0 fully saturated rings. The molecule has 1 aromatic heterocycles. The molecule has 2 aromatic rings. The smallest absolute Gasteiger partial charge is 0.373 e. The molecule has 78 valence electrons. The number of rotatable bonds is 1. The second-order valence-electron chi connectivity index (χ2n) is 3.43. The summed E-state index contributed by atoms with van der Waals surface area (Å²) in [6, 6.07) is 3.67. The van der Waals surface area contributed by atoms with E-state index in [4.69, 9.17) is 21.1 Å². The first kappa shape index (κ1) is 10.1. The number of hydrogen-bond donors (Lipinski definition) is 1. The Morgan fingerprint density at radius 1 is 1.40 bits per heavy atom. The molecule has 2 rings (SSSR count). The molecule has 1 heterocycles. The second-order valence-corrected chi connectivity index (χ2v) is 3.81. The Kier molecular flexibility index (Phi) is 2.20. The van der Waals surface area contributed by atoms with Gasteiger partial charge in [0.05, 0.1) is 0 Å². The van der Waals surface area contributed by atoms with Crippen LogP contribution in [0, 0.1) is 13.8 Å². The quantitative estimate of drug-likeness (QED) is 0.808. The Morgan fingerprint density at radius 3 is 2.67 bits per heavy atom. The second kappa shape index (κ2) is 3.28. The van der Waals surface area contributed by atoms with Gasteiger partial charge >= 0.3 is 5.97 Å². The molecule has 1 N–H and O–H groups in total. The molecule has 0 atom stereocenters. The molecule has 0 aliphatic rings. The van der Waals surface area contributed by atoms with E-state index in [1.54, 1.807) is 6.07 Å². The molecule has 1 aromatic carbocycles. The van der Waals surface area contributed by atoms with Gasteiger partial charge in [-0.2, -0.15) is 0 Å².